The minimum absolute atomic E-state index is 0.0487. The van der Waals surface area contributed by atoms with Crippen LogP contribution in [0.5, 0.6) is 0 Å². The van der Waals surface area contributed by atoms with Crippen molar-refractivity contribution in [3.63, 3.8) is 0 Å². The average Bonchev–Trinajstić information content (AvgIpc) is 2.81. The van der Waals surface area contributed by atoms with Gasteiger partial charge in [-0.3, -0.25) is 4.79 Å². The zero-order valence-corrected chi connectivity index (χ0v) is 11.1. The SMILES string of the molecule is COC(=O)[C@H]1CCCN(CCn2ccnc2C)C1. The van der Waals surface area contributed by atoms with Gasteiger partial charge in [0.05, 0.1) is 13.0 Å². The Labute approximate surface area is 108 Å². The fourth-order valence-corrected chi connectivity index (χ4v) is 2.51. The van der Waals surface area contributed by atoms with Crippen molar-refractivity contribution in [1.82, 2.24) is 14.5 Å². The Hall–Kier alpha value is -1.36. The number of carbonyl (C=O) groups excluding carboxylic acids is 1. The van der Waals surface area contributed by atoms with Crippen LogP contribution in [-0.4, -0.2) is 47.2 Å². The molecule has 2 rings (SSSR count). The number of nitrogens with zero attached hydrogens (tertiary/aromatic N) is 3. The second-order valence-corrected chi connectivity index (χ2v) is 4.83. The number of aryl methyl sites for hydroxylation is 1. The van der Waals surface area contributed by atoms with Crippen molar-refractivity contribution in [3.05, 3.63) is 18.2 Å². The molecule has 1 aliphatic heterocycles. The lowest BCUT2D eigenvalue weighted by Crippen LogP contribution is -2.40. The van der Waals surface area contributed by atoms with Crippen LogP contribution in [0.2, 0.25) is 0 Å². The molecule has 1 aliphatic rings. The fraction of sp³-hybridized carbons (Fsp3) is 0.692. The molecule has 100 valence electrons. The maximum Gasteiger partial charge on any atom is 0.309 e. The van der Waals surface area contributed by atoms with Crippen LogP contribution in [0.25, 0.3) is 0 Å². The number of imidazole rings is 1. The Bertz CT molecular complexity index is 403. The highest BCUT2D eigenvalue weighted by atomic mass is 16.5. The van der Waals surface area contributed by atoms with E-state index in [4.69, 9.17) is 4.74 Å². The van der Waals surface area contributed by atoms with Gasteiger partial charge in [-0.15, -0.1) is 0 Å². The quantitative estimate of drug-likeness (QED) is 0.751. The normalized spacial score (nSPS) is 20.9. The molecule has 0 aromatic carbocycles. The van der Waals surface area contributed by atoms with Gasteiger partial charge in [0, 0.05) is 32.0 Å². The number of piperidine rings is 1. The molecule has 0 unspecified atom stereocenters. The van der Waals surface area contributed by atoms with E-state index in [2.05, 4.69) is 14.5 Å². The van der Waals surface area contributed by atoms with Gasteiger partial charge in [-0.05, 0) is 26.3 Å². The lowest BCUT2D eigenvalue weighted by molar-refractivity contribution is -0.147. The van der Waals surface area contributed by atoms with E-state index in [0.29, 0.717) is 0 Å². The maximum absolute atomic E-state index is 11.5. The largest absolute Gasteiger partial charge is 0.469 e. The topological polar surface area (TPSA) is 47.4 Å². The van der Waals surface area contributed by atoms with E-state index in [9.17, 15) is 4.79 Å². The third-order valence-electron chi connectivity index (χ3n) is 3.62. The summed E-state index contributed by atoms with van der Waals surface area (Å²) in [6.07, 6.45) is 5.84. The minimum atomic E-state index is -0.0708. The number of rotatable bonds is 4. The van der Waals surface area contributed by atoms with Crippen molar-refractivity contribution in [2.75, 3.05) is 26.7 Å². The summed E-state index contributed by atoms with van der Waals surface area (Å²) in [6.45, 7) is 5.79. The van der Waals surface area contributed by atoms with E-state index in [1.807, 2.05) is 19.3 Å². The van der Waals surface area contributed by atoms with Crippen LogP contribution < -0.4 is 0 Å². The lowest BCUT2D eigenvalue weighted by Gasteiger charge is -2.31. The zero-order valence-electron chi connectivity index (χ0n) is 11.1. The summed E-state index contributed by atoms with van der Waals surface area (Å²) in [7, 11) is 1.47. The van der Waals surface area contributed by atoms with Gasteiger partial charge in [0.15, 0.2) is 0 Å². The number of hydrogen-bond acceptors (Lipinski definition) is 4. The number of ether oxygens (including phenoxy) is 1. The number of aromatic nitrogens is 2. The third-order valence-corrected chi connectivity index (χ3v) is 3.62. The highest BCUT2D eigenvalue weighted by Crippen LogP contribution is 2.17. The predicted octanol–water partition coefficient (Wildman–Crippen LogP) is 1.08. The summed E-state index contributed by atoms with van der Waals surface area (Å²) in [6, 6.07) is 0. The van der Waals surface area contributed by atoms with E-state index in [-0.39, 0.29) is 11.9 Å². The molecule has 0 amide bonds. The van der Waals surface area contributed by atoms with Gasteiger partial charge in [-0.2, -0.15) is 0 Å². The number of methoxy groups -OCH3 is 1. The molecule has 1 aromatic rings. The summed E-state index contributed by atoms with van der Waals surface area (Å²) in [5.74, 6) is 1.02. The molecule has 1 saturated heterocycles. The molecule has 0 bridgehead atoms. The number of carbonyl (C=O) groups is 1. The van der Waals surface area contributed by atoms with Gasteiger partial charge in [-0.25, -0.2) is 4.98 Å². The van der Waals surface area contributed by atoms with Crippen LogP contribution >= 0.6 is 0 Å². The first-order chi connectivity index (χ1) is 8.70. The van der Waals surface area contributed by atoms with Crippen LogP contribution in [0.4, 0.5) is 0 Å². The smallest absolute Gasteiger partial charge is 0.309 e. The average molecular weight is 251 g/mol. The molecule has 18 heavy (non-hydrogen) atoms. The van der Waals surface area contributed by atoms with Gasteiger partial charge in [0.1, 0.15) is 5.82 Å². The molecule has 0 spiro atoms. The minimum Gasteiger partial charge on any atom is -0.469 e. The predicted molar refractivity (Wildman–Crippen MR) is 68.1 cm³/mol. The molecule has 0 aliphatic carbocycles. The first-order valence-corrected chi connectivity index (χ1v) is 6.48. The second-order valence-electron chi connectivity index (χ2n) is 4.83. The van der Waals surface area contributed by atoms with Gasteiger partial charge < -0.3 is 14.2 Å². The lowest BCUT2D eigenvalue weighted by atomic mass is 9.98. The Morgan fingerprint density at radius 3 is 3.06 bits per heavy atom. The fourth-order valence-electron chi connectivity index (χ4n) is 2.51. The van der Waals surface area contributed by atoms with E-state index in [1.54, 1.807) is 0 Å². The van der Waals surface area contributed by atoms with E-state index in [0.717, 1.165) is 44.8 Å². The molecule has 1 fully saturated rings. The highest BCUT2D eigenvalue weighted by molar-refractivity contribution is 5.72. The molecule has 5 nitrogen and oxygen atoms in total. The highest BCUT2D eigenvalue weighted by Gasteiger charge is 2.26. The number of esters is 1. The van der Waals surface area contributed by atoms with Crippen LogP contribution in [0.3, 0.4) is 0 Å². The van der Waals surface area contributed by atoms with Gasteiger partial charge in [0.2, 0.25) is 0 Å². The van der Waals surface area contributed by atoms with Crippen molar-refractivity contribution < 1.29 is 9.53 Å². The third kappa shape index (κ3) is 3.10. The molecular weight excluding hydrogens is 230 g/mol. The molecular formula is C13H21N3O2. The van der Waals surface area contributed by atoms with E-state index in [1.165, 1.54) is 7.11 Å². The molecule has 1 aromatic heterocycles. The van der Waals surface area contributed by atoms with E-state index < -0.39 is 0 Å². The van der Waals surface area contributed by atoms with Crippen LogP contribution in [0, 0.1) is 12.8 Å². The summed E-state index contributed by atoms with van der Waals surface area (Å²) in [4.78, 5) is 18.1. The van der Waals surface area contributed by atoms with Crippen molar-refractivity contribution in [2.24, 2.45) is 5.92 Å². The summed E-state index contributed by atoms with van der Waals surface area (Å²) in [5, 5.41) is 0. The van der Waals surface area contributed by atoms with Crippen LogP contribution in [0.1, 0.15) is 18.7 Å². The summed E-state index contributed by atoms with van der Waals surface area (Å²) >= 11 is 0. The molecule has 0 N–H and O–H groups in total. The molecule has 0 radical (unpaired) electrons. The Morgan fingerprint density at radius 1 is 1.56 bits per heavy atom. The van der Waals surface area contributed by atoms with Crippen LogP contribution in [-0.2, 0) is 16.1 Å². The zero-order chi connectivity index (χ0) is 13.0. The number of hydrogen-bond donors (Lipinski definition) is 0. The van der Waals surface area contributed by atoms with Gasteiger partial charge >= 0.3 is 5.97 Å². The Balaban J connectivity index is 1.83. The van der Waals surface area contributed by atoms with Crippen LogP contribution in [0.15, 0.2) is 12.4 Å². The summed E-state index contributed by atoms with van der Waals surface area (Å²) < 4.78 is 6.97. The van der Waals surface area contributed by atoms with Gasteiger partial charge in [0.25, 0.3) is 0 Å². The molecule has 5 heteroatoms. The standard InChI is InChI=1S/C13H21N3O2/c1-11-14-5-7-16(11)9-8-15-6-3-4-12(10-15)13(17)18-2/h5,7,12H,3-4,6,8-10H2,1-2H3/t12-/m0/s1. The Kier molecular flexibility index (Phi) is 4.36. The van der Waals surface area contributed by atoms with Crippen molar-refractivity contribution in [3.8, 4) is 0 Å². The Morgan fingerprint density at radius 2 is 2.39 bits per heavy atom. The monoisotopic (exact) mass is 251 g/mol. The summed E-state index contributed by atoms with van der Waals surface area (Å²) in [5.41, 5.74) is 0. The van der Waals surface area contributed by atoms with Crippen molar-refractivity contribution >= 4 is 5.97 Å². The second kappa shape index (κ2) is 6.00. The van der Waals surface area contributed by atoms with Crippen molar-refractivity contribution in [2.45, 2.75) is 26.3 Å². The van der Waals surface area contributed by atoms with Gasteiger partial charge in [-0.1, -0.05) is 0 Å². The first-order valence-electron chi connectivity index (χ1n) is 6.48. The first kappa shape index (κ1) is 13.1. The van der Waals surface area contributed by atoms with E-state index >= 15 is 0 Å². The number of likely N-dealkylation sites (tertiary alicyclic amines) is 1. The molecule has 2 heterocycles. The molecule has 0 saturated carbocycles. The maximum atomic E-state index is 11.5. The van der Waals surface area contributed by atoms with Crippen molar-refractivity contribution in [1.29, 1.82) is 0 Å². The molecule has 1 atom stereocenters.